The summed E-state index contributed by atoms with van der Waals surface area (Å²) in [6.07, 6.45) is 7.41. The molecule has 0 aliphatic carbocycles. The summed E-state index contributed by atoms with van der Waals surface area (Å²) in [5, 5.41) is 14.7. The van der Waals surface area contributed by atoms with Gasteiger partial charge in [-0.2, -0.15) is 19.0 Å². The van der Waals surface area contributed by atoms with E-state index in [1.165, 1.54) is 29.4 Å². The number of H-pyrrole nitrogens is 1. The number of benzene rings is 1. The second kappa shape index (κ2) is 10.3. The standard InChI is InChI=1S/C27H23ClF2N8O2/c1-14-3-2-4-23(21-7-15(5-6-31-21)25-22(35-26(14)40)12-34-38(25)27(29)30)37-13-32-19(10-24(37)39)17-8-16(28)9-20-18(17)11-33-36-20/h5-14,23,27H,2-4H2,1H3,(H,33,36)(H,35,40)/t14-,23+/m1/s1. The van der Waals surface area contributed by atoms with Gasteiger partial charge in [0.2, 0.25) is 5.91 Å². The van der Waals surface area contributed by atoms with Crippen molar-refractivity contribution in [2.24, 2.45) is 5.92 Å². The monoisotopic (exact) mass is 564 g/mol. The molecule has 2 N–H and O–H groups in total. The lowest BCUT2D eigenvalue weighted by Gasteiger charge is -2.22. The van der Waals surface area contributed by atoms with Crippen molar-refractivity contribution in [3.05, 3.63) is 76.3 Å². The fraction of sp³-hybridized carbons (Fsp3) is 0.259. The Hall–Kier alpha value is -4.45. The zero-order chi connectivity index (χ0) is 28.0. The van der Waals surface area contributed by atoms with Crippen molar-refractivity contribution in [1.82, 2.24) is 34.5 Å². The van der Waals surface area contributed by atoms with E-state index in [-0.39, 0.29) is 22.8 Å². The lowest BCUT2D eigenvalue weighted by Crippen LogP contribution is -2.27. The molecule has 0 fully saturated rings. The van der Waals surface area contributed by atoms with Crippen LogP contribution in [0.3, 0.4) is 0 Å². The number of alkyl halides is 2. The molecule has 1 aliphatic rings. The van der Waals surface area contributed by atoms with E-state index in [1.807, 2.05) is 0 Å². The topological polar surface area (TPSA) is 123 Å². The highest BCUT2D eigenvalue weighted by Gasteiger charge is 2.26. The van der Waals surface area contributed by atoms with Crippen molar-refractivity contribution in [3.8, 4) is 22.5 Å². The molecule has 0 saturated heterocycles. The van der Waals surface area contributed by atoms with Crippen LogP contribution in [0.5, 0.6) is 0 Å². The lowest BCUT2D eigenvalue weighted by molar-refractivity contribution is -0.119. The zero-order valence-corrected chi connectivity index (χ0v) is 21.9. The molecule has 0 radical (unpaired) electrons. The van der Waals surface area contributed by atoms with Crippen molar-refractivity contribution in [2.75, 3.05) is 5.32 Å². The number of rotatable bonds is 3. The van der Waals surface area contributed by atoms with Gasteiger partial charge in [0.15, 0.2) is 0 Å². The molecule has 204 valence electrons. The molecule has 1 aliphatic heterocycles. The van der Waals surface area contributed by atoms with Crippen LogP contribution in [0.2, 0.25) is 5.02 Å². The van der Waals surface area contributed by atoms with Gasteiger partial charge >= 0.3 is 6.55 Å². The molecule has 4 aromatic heterocycles. The summed E-state index contributed by atoms with van der Waals surface area (Å²) >= 11 is 6.28. The third kappa shape index (κ3) is 4.64. The Morgan fingerprint density at radius 2 is 1.95 bits per heavy atom. The number of fused-ring (bicyclic) bond motifs is 5. The summed E-state index contributed by atoms with van der Waals surface area (Å²) in [6, 6.07) is 7.56. The lowest BCUT2D eigenvalue weighted by atomic mass is 9.97. The molecule has 1 amide bonds. The molecule has 5 aromatic rings. The van der Waals surface area contributed by atoms with Gasteiger partial charge < -0.3 is 5.32 Å². The predicted octanol–water partition coefficient (Wildman–Crippen LogP) is 5.44. The van der Waals surface area contributed by atoms with Crippen molar-refractivity contribution in [3.63, 3.8) is 0 Å². The minimum Gasteiger partial charge on any atom is -0.323 e. The van der Waals surface area contributed by atoms with Gasteiger partial charge in [0, 0.05) is 39.7 Å². The third-order valence-corrected chi connectivity index (χ3v) is 7.39. The molecular formula is C27H23ClF2N8O2. The van der Waals surface area contributed by atoms with E-state index in [0.29, 0.717) is 51.5 Å². The summed E-state index contributed by atoms with van der Waals surface area (Å²) in [5.74, 6) is -0.691. The van der Waals surface area contributed by atoms with Crippen LogP contribution in [-0.4, -0.2) is 40.4 Å². The Kier molecular flexibility index (Phi) is 6.62. The first kappa shape index (κ1) is 25.8. The average Bonchev–Trinajstić information content (AvgIpc) is 3.57. The van der Waals surface area contributed by atoms with E-state index >= 15 is 0 Å². The summed E-state index contributed by atoms with van der Waals surface area (Å²) in [7, 11) is 0. The van der Waals surface area contributed by atoms with Crippen LogP contribution in [0, 0.1) is 5.92 Å². The number of hydrogen-bond donors (Lipinski definition) is 2. The molecule has 0 spiro atoms. The number of carbonyl (C=O) groups is 1. The molecule has 2 atom stereocenters. The second-order valence-corrected chi connectivity index (χ2v) is 10.2. The Balaban J connectivity index is 1.46. The SMILES string of the molecule is C[C@@H]1CCC[C@H](n2cnc(-c3cc(Cl)cc4[nH]ncc34)cc2=O)c2cc(ccn2)-c2c(cnn2C(F)F)NC1=O. The quantitative estimate of drug-likeness (QED) is 0.301. The van der Waals surface area contributed by atoms with Crippen LogP contribution in [-0.2, 0) is 4.79 Å². The maximum Gasteiger partial charge on any atom is 0.333 e. The fourth-order valence-electron chi connectivity index (χ4n) is 5.12. The number of pyridine rings is 1. The van der Waals surface area contributed by atoms with Crippen molar-refractivity contribution < 1.29 is 13.6 Å². The maximum atomic E-state index is 13.9. The van der Waals surface area contributed by atoms with Gasteiger partial charge in [-0.3, -0.25) is 24.2 Å². The first-order chi connectivity index (χ1) is 19.3. The highest BCUT2D eigenvalue weighted by atomic mass is 35.5. The van der Waals surface area contributed by atoms with Gasteiger partial charge in [0.1, 0.15) is 0 Å². The van der Waals surface area contributed by atoms with E-state index < -0.39 is 18.5 Å². The number of anilines is 1. The van der Waals surface area contributed by atoms with Crippen LogP contribution < -0.4 is 10.9 Å². The smallest absolute Gasteiger partial charge is 0.323 e. The van der Waals surface area contributed by atoms with Gasteiger partial charge in [-0.25, -0.2) is 9.67 Å². The molecule has 0 unspecified atom stereocenters. The van der Waals surface area contributed by atoms with Crippen LogP contribution >= 0.6 is 11.6 Å². The molecule has 40 heavy (non-hydrogen) atoms. The van der Waals surface area contributed by atoms with Crippen LogP contribution in [0.4, 0.5) is 14.5 Å². The first-order valence-corrected chi connectivity index (χ1v) is 13.0. The third-order valence-electron chi connectivity index (χ3n) is 7.17. The van der Waals surface area contributed by atoms with Crippen molar-refractivity contribution in [1.29, 1.82) is 0 Å². The summed E-state index contributed by atoms with van der Waals surface area (Å²) in [5.41, 5.74) is 2.61. The molecule has 2 bridgehead atoms. The molecule has 5 heterocycles. The number of aromatic amines is 1. The minimum absolute atomic E-state index is 0.0597. The summed E-state index contributed by atoms with van der Waals surface area (Å²) < 4.78 is 29.8. The molecule has 0 saturated carbocycles. The van der Waals surface area contributed by atoms with Gasteiger partial charge in [-0.1, -0.05) is 24.9 Å². The normalized spacial score (nSPS) is 17.8. The largest absolute Gasteiger partial charge is 0.333 e. The number of halogens is 3. The molecule has 13 heteroatoms. The Morgan fingerprint density at radius 3 is 2.75 bits per heavy atom. The van der Waals surface area contributed by atoms with Gasteiger partial charge in [0.05, 0.1) is 53.0 Å². The molecule has 10 nitrogen and oxygen atoms in total. The van der Waals surface area contributed by atoms with Crippen molar-refractivity contribution in [2.45, 2.75) is 38.8 Å². The number of nitrogens with zero attached hydrogens (tertiary/aromatic N) is 6. The second-order valence-electron chi connectivity index (χ2n) is 9.74. The summed E-state index contributed by atoms with van der Waals surface area (Å²) in [4.78, 5) is 35.4. The zero-order valence-electron chi connectivity index (χ0n) is 21.2. The molecule has 1 aromatic carbocycles. The Morgan fingerprint density at radius 1 is 1.10 bits per heavy atom. The predicted molar refractivity (Wildman–Crippen MR) is 145 cm³/mol. The van der Waals surface area contributed by atoms with Crippen LogP contribution in [0.25, 0.3) is 33.4 Å². The van der Waals surface area contributed by atoms with E-state index in [2.05, 4.69) is 30.6 Å². The Bertz CT molecular complexity index is 1800. The average molecular weight is 565 g/mol. The minimum atomic E-state index is -2.93. The maximum absolute atomic E-state index is 13.9. The number of hydrogen-bond acceptors (Lipinski definition) is 6. The summed E-state index contributed by atoms with van der Waals surface area (Å²) in [6.45, 7) is -1.15. The molecular weight excluding hydrogens is 542 g/mol. The number of aromatic nitrogens is 7. The van der Waals surface area contributed by atoms with E-state index in [1.54, 1.807) is 37.4 Å². The number of nitrogens with one attached hydrogen (secondary N) is 2. The van der Waals surface area contributed by atoms with E-state index in [9.17, 15) is 18.4 Å². The van der Waals surface area contributed by atoms with Gasteiger partial charge in [-0.15, -0.1) is 0 Å². The van der Waals surface area contributed by atoms with E-state index in [0.717, 1.165) is 10.9 Å². The van der Waals surface area contributed by atoms with Gasteiger partial charge in [-0.05, 0) is 37.1 Å². The number of amides is 1. The Labute approximate surface area is 231 Å². The van der Waals surface area contributed by atoms with Gasteiger partial charge in [0.25, 0.3) is 5.56 Å². The van der Waals surface area contributed by atoms with Crippen molar-refractivity contribution >= 4 is 34.1 Å². The van der Waals surface area contributed by atoms with Crippen LogP contribution in [0.1, 0.15) is 44.5 Å². The van der Waals surface area contributed by atoms with E-state index in [4.69, 9.17) is 11.6 Å². The molecule has 6 rings (SSSR count). The highest BCUT2D eigenvalue weighted by Crippen LogP contribution is 2.35. The highest BCUT2D eigenvalue weighted by molar-refractivity contribution is 6.31. The fourth-order valence-corrected chi connectivity index (χ4v) is 5.34. The van der Waals surface area contributed by atoms with Crippen LogP contribution in [0.15, 0.2) is 60.0 Å². The first-order valence-electron chi connectivity index (χ1n) is 12.6. The number of carbonyl (C=O) groups excluding carboxylic acids is 1.